The van der Waals surface area contributed by atoms with Gasteiger partial charge in [-0.15, -0.1) is 0 Å². The van der Waals surface area contributed by atoms with Crippen molar-refractivity contribution in [2.24, 2.45) is 0 Å². The number of aromatic nitrogens is 1. The van der Waals surface area contributed by atoms with Crippen LogP contribution in [-0.2, 0) is 0 Å². The molecule has 2 aromatic carbocycles. The van der Waals surface area contributed by atoms with Gasteiger partial charge >= 0.3 is 0 Å². The number of rotatable bonds is 4. The molecular formula is C22H20ClN3O3. The number of likely N-dealkylation sites (tertiary alicyclic amines) is 1. The number of benzene rings is 2. The van der Waals surface area contributed by atoms with Gasteiger partial charge in [0, 0.05) is 29.7 Å². The predicted molar refractivity (Wildman–Crippen MR) is 111 cm³/mol. The highest BCUT2D eigenvalue weighted by Gasteiger charge is 2.23. The van der Waals surface area contributed by atoms with E-state index in [-0.39, 0.29) is 11.6 Å². The third kappa shape index (κ3) is 4.32. The van der Waals surface area contributed by atoms with Gasteiger partial charge in [0.25, 0.3) is 11.8 Å². The number of nitrogens with zero attached hydrogens (tertiary/aromatic N) is 2. The van der Waals surface area contributed by atoms with E-state index in [1.54, 1.807) is 24.3 Å². The van der Waals surface area contributed by atoms with E-state index in [1.165, 1.54) is 0 Å². The first-order valence-electron chi connectivity index (χ1n) is 9.54. The van der Waals surface area contributed by atoms with E-state index in [0.717, 1.165) is 37.9 Å². The second-order valence-electron chi connectivity index (χ2n) is 6.94. The Hall–Kier alpha value is -3.12. The lowest BCUT2D eigenvalue weighted by Crippen LogP contribution is -2.36. The molecule has 4 rings (SSSR count). The molecule has 7 heteroatoms. The van der Waals surface area contributed by atoms with E-state index in [0.29, 0.717) is 22.0 Å². The van der Waals surface area contributed by atoms with Crippen molar-refractivity contribution in [1.29, 1.82) is 0 Å². The van der Waals surface area contributed by atoms with Gasteiger partial charge in [0.05, 0.1) is 11.3 Å². The predicted octanol–water partition coefficient (Wildman–Crippen LogP) is 4.87. The quantitative estimate of drug-likeness (QED) is 0.666. The molecule has 1 aromatic heterocycles. The number of hydrogen-bond acceptors (Lipinski definition) is 4. The number of amides is 2. The Balaban J connectivity index is 1.56. The molecule has 1 saturated heterocycles. The topological polar surface area (TPSA) is 75.4 Å². The van der Waals surface area contributed by atoms with E-state index in [2.05, 4.69) is 10.5 Å². The summed E-state index contributed by atoms with van der Waals surface area (Å²) in [5.41, 5.74) is 1.72. The summed E-state index contributed by atoms with van der Waals surface area (Å²) in [6.45, 7) is 1.44. The van der Waals surface area contributed by atoms with Gasteiger partial charge in [0.2, 0.25) is 0 Å². The highest BCUT2D eigenvalue weighted by atomic mass is 35.5. The van der Waals surface area contributed by atoms with Crippen LogP contribution in [0, 0.1) is 0 Å². The van der Waals surface area contributed by atoms with Gasteiger partial charge in [-0.2, -0.15) is 0 Å². The average molecular weight is 410 g/mol. The molecule has 3 aromatic rings. The fraction of sp³-hybridized carbons (Fsp3) is 0.227. The van der Waals surface area contributed by atoms with Crippen LogP contribution in [0.4, 0.5) is 5.69 Å². The fourth-order valence-electron chi connectivity index (χ4n) is 3.38. The van der Waals surface area contributed by atoms with Crippen LogP contribution in [0.5, 0.6) is 0 Å². The van der Waals surface area contributed by atoms with Crippen molar-refractivity contribution in [1.82, 2.24) is 10.1 Å². The lowest BCUT2D eigenvalue weighted by Gasteiger charge is -2.27. The molecule has 29 heavy (non-hydrogen) atoms. The molecule has 1 fully saturated rings. The smallest absolute Gasteiger partial charge is 0.277 e. The molecule has 148 valence electrons. The van der Waals surface area contributed by atoms with E-state index in [9.17, 15) is 9.59 Å². The maximum Gasteiger partial charge on any atom is 0.277 e. The van der Waals surface area contributed by atoms with Gasteiger partial charge in [-0.3, -0.25) is 9.59 Å². The van der Waals surface area contributed by atoms with E-state index < -0.39 is 5.91 Å². The summed E-state index contributed by atoms with van der Waals surface area (Å²) >= 11 is 6.11. The van der Waals surface area contributed by atoms with Crippen LogP contribution in [0.25, 0.3) is 11.3 Å². The summed E-state index contributed by atoms with van der Waals surface area (Å²) in [5.74, 6) is -0.0841. The highest BCUT2D eigenvalue weighted by Crippen LogP contribution is 2.25. The summed E-state index contributed by atoms with van der Waals surface area (Å²) in [7, 11) is 0. The van der Waals surface area contributed by atoms with Gasteiger partial charge in [0.1, 0.15) is 0 Å². The second-order valence-corrected chi connectivity index (χ2v) is 7.38. The van der Waals surface area contributed by atoms with Gasteiger partial charge in [-0.25, -0.2) is 0 Å². The van der Waals surface area contributed by atoms with Crippen molar-refractivity contribution >= 4 is 29.1 Å². The summed E-state index contributed by atoms with van der Waals surface area (Å²) in [6.07, 6.45) is 3.11. The minimum Gasteiger partial charge on any atom is -0.355 e. The molecule has 0 saturated carbocycles. The van der Waals surface area contributed by atoms with E-state index in [4.69, 9.17) is 16.1 Å². The summed E-state index contributed by atoms with van der Waals surface area (Å²) < 4.78 is 5.29. The zero-order valence-corrected chi connectivity index (χ0v) is 16.5. The first-order chi connectivity index (χ1) is 14.1. The molecule has 1 N–H and O–H groups in total. The number of carbonyl (C=O) groups excluding carboxylic acids is 2. The zero-order chi connectivity index (χ0) is 20.2. The SMILES string of the molecule is O=C(Nc1cc(Cl)ccc1C(=O)N1CCCCC1)c1cc(-c2ccccc2)on1. The first kappa shape index (κ1) is 19.2. The molecule has 0 bridgehead atoms. The fourth-order valence-corrected chi connectivity index (χ4v) is 3.55. The number of hydrogen-bond donors (Lipinski definition) is 1. The van der Waals surface area contributed by atoms with Crippen LogP contribution in [0.3, 0.4) is 0 Å². The Kier molecular flexibility index (Phi) is 5.62. The number of carbonyl (C=O) groups is 2. The van der Waals surface area contributed by atoms with Crippen LogP contribution < -0.4 is 5.32 Å². The zero-order valence-electron chi connectivity index (χ0n) is 15.7. The molecule has 1 aliphatic rings. The molecule has 0 radical (unpaired) electrons. The van der Waals surface area contributed by atoms with Crippen molar-refractivity contribution in [3.63, 3.8) is 0 Å². The minimum absolute atomic E-state index is 0.109. The molecule has 1 aliphatic heterocycles. The third-order valence-electron chi connectivity index (χ3n) is 4.90. The van der Waals surface area contributed by atoms with Crippen molar-refractivity contribution in [2.75, 3.05) is 18.4 Å². The standard InChI is InChI=1S/C22H20ClN3O3/c23-16-9-10-17(22(28)26-11-5-2-6-12-26)18(13-16)24-21(27)19-14-20(29-25-19)15-7-3-1-4-8-15/h1,3-4,7-10,13-14H,2,5-6,11-12H2,(H,24,27). The molecule has 0 aliphatic carbocycles. The van der Waals surface area contributed by atoms with Crippen molar-refractivity contribution in [2.45, 2.75) is 19.3 Å². The maximum absolute atomic E-state index is 12.9. The Morgan fingerprint density at radius 3 is 2.52 bits per heavy atom. The van der Waals surface area contributed by atoms with E-state index >= 15 is 0 Å². The monoisotopic (exact) mass is 409 g/mol. The maximum atomic E-state index is 12.9. The normalized spacial score (nSPS) is 13.9. The lowest BCUT2D eigenvalue weighted by molar-refractivity contribution is 0.0725. The lowest BCUT2D eigenvalue weighted by atomic mass is 10.1. The molecular weight excluding hydrogens is 390 g/mol. The summed E-state index contributed by atoms with van der Waals surface area (Å²) in [5, 5.41) is 7.05. The molecule has 2 amide bonds. The molecule has 6 nitrogen and oxygen atoms in total. The van der Waals surface area contributed by atoms with Crippen LogP contribution in [0.1, 0.15) is 40.1 Å². The van der Waals surface area contributed by atoms with E-state index in [1.807, 2.05) is 35.2 Å². The Morgan fingerprint density at radius 1 is 1.00 bits per heavy atom. The number of halogens is 1. The van der Waals surface area contributed by atoms with Gasteiger partial charge in [0.15, 0.2) is 11.5 Å². The Labute approximate surface area is 173 Å². The number of nitrogens with one attached hydrogen (secondary N) is 1. The van der Waals surface area contributed by atoms with Crippen LogP contribution >= 0.6 is 11.6 Å². The Morgan fingerprint density at radius 2 is 1.76 bits per heavy atom. The van der Waals surface area contributed by atoms with Crippen LogP contribution in [-0.4, -0.2) is 35.0 Å². The number of anilines is 1. The summed E-state index contributed by atoms with van der Waals surface area (Å²) in [6, 6.07) is 15.8. The number of piperidine rings is 1. The van der Waals surface area contributed by atoms with Crippen LogP contribution in [0.15, 0.2) is 59.1 Å². The average Bonchev–Trinajstić information content (AvgIpc) is 3.25. The second kappa shape index (κ2) is 8.49. The molecule has 0 atom stereocenters. The van der Waals surface area contributed by atoms with Crippen LogP contribution in [0.2, 0.25) is 5.02 Å². The third-order valence-corrected chi connectivity index (χ3v) is 5.14. The van der Waals surface area contributed by atoms with Crippen molar-refractivity contribution in [3.8, 4) is 11.3 Å². The van der Waals surface area contributed by atoms with Gasteiger partial charge in [-0.05, 0) is 37.5 Å². The first-order valence-corrected chi connectivity index (χ1v) is 9.92. The minimum atomic E-state index is -0.467. The van der Waals surface area contributed by atoms with Crippen molar-refractivity contribution < 1.29 is 14.1 Å². The largest absolute Gasteiger partial charge is 0.355 e. The van der Waals surface area contributed by atoms with Gasteiger partial charge in [-0.1, -0.05) is 47.1 Å². The van der Waals surface area contributed by atoms with Gasteiger partial charge < -0.3 is 14.7 Å². The molecule has 2 heterocycles. The Bertz CT molecular complexity index is 1030. The summed E-state index contributed by atoms with van der Waals surface area (Å²) in [4.78, 5) is 27.5. The molecule has 0 unspecified atom stereocenters. The highest BCUT2D eigenvalue weighted by molar-refractivity contribution is 6.31. The molecule has 0 spiro atoms. The van der Waals surface area contributed by atoms with Crippen molar-refractivity contribution in [3.05, 3.63) is 70.9 Å².